The third-order valence-electron chi connectivity index (χ3n) is 5.40. The van der Waals surface area contributed by atoms with Gasteiger partial charge in [0.25, 0.3) is 0 Å². The molecule has 0 spiro atoms. The fourth-order valence-corrected chi connectivity index (χ4v) is 5.25. The lowest BCUT2D eigenvalue weighted by Gasteiger charge is -2.37. The summed E-state index contributed by atoms with van der Waals surface area (Å²) in [4.78, 5) is 23.2. The van der Waals surface area contributed by atoms with Gasteiger partial charge < -0.3 is 9.84 Å². The number of hydrogen-bond donors (Lipinski definition) is 1. The molecule has 0 aliphatic rings. The van der Waals surface area contributed by atoms with Crippen molar-refractivity contribution in [2.45, 2.75) is 26.8 Å². The molecule has 1 unspecified atom stereocenters. The van der Waals surface area contributed by atoms with Crippen LogP contribution in [0.2, 0.25) is 5.15 Å². The van der Waals surface area contributed by atoms with E-state index < -0.39 is 17.6 Å². The van der Waals surface area contributed by atoms with Crippen LogP contribution in [-0.4, -0.2) is 28.3 Å². The number of pyridine rings is 1. The fourth-order valence-electron chi connectivity index (χ4n) is 3.92. The highest BCUT2D eigenvalue weighted by molar-refractivity contribution is 7.19. The van der Waals surface area contributed by atoms with E-state index in [1.165, 1.54) is 16.2 Å². The van der Waals surface area contributed by atoms with E-state index in [1.807, 2.05) is 69.3 Å². The highest BCUT2D eigenvalue weighted by atomic mass is 35.5. The van der Waals surface area contributed by atoms with Crippen LogP contribution in [0.5, 0.6) is 5.75 Å². The Balaban J connectivity index is 1.80. The van der Waals surface area contributed by atoms with Gasteiger partial charge in [0.2, 0.25) is 0 Å². The summed E-state index contributed by atoms with van der Waals surface area (Å²) >= 11 is 7.80. The van der Waals surface area contributed by atoms with E-state index in [0.29, 0.717) is 10.9 Å². The number of thiazole rings is 1. The van der Waals surface area contributed by atoms with Crippen molar-refractivity contribution in [2.24, 2.45) is 5.41 Å². The van der Waals surface area contributed by atoms with Gasteiger partial charge in [-0.1, -0.05) is 68.0 Å². The van der Waals surface area contributed by atoms with Crippen LogP contribution < -0.4 is 9.64 Å². The van der Waals surface area contributed by atoms with Crippen molar-refractivity contribution in [1.29, 1.82) is 0 Å². The van der Waals surface area contributed by atoms with Crippen LogP contribution in [-0.2, 0) is 0 Å². The molecule has 0 radical (unpaired) electrons. The summed E-state index contributed by atoms with van der Waals surface area (Å²) in [6.07, 6.45) is 2.45. The molecule has 0 saturated heterocycles. The minimum atomic E-state index is -1.09. The van der Waals surface area contributed by atoms with E-state index in [1.54, 1.807) is 19.5 Å². The van der Waals surface area contributed by atoms with Gasteiger partial charge in [-0.15, -0.1) is 0 Å². The summed E-state index contributed by atoms with van der Waals surface area (Å²) in [6.45, 7) is 6.02. The average molecular weight is 482 g/mol. The van der Waals surface area contributed by atoms with Gasteiger partial charge in [0, 0.05) is 17.8 Å². The molecular weight excluding hydrogens is 458 g/mol. The number of ether oxygens (including phenoxy) is 1. The van der Waals surface area contributed by atoms with Crippen LogP contribution in [0, 0.1) is 5.41 Å². The summed E-state index contributed by atoms with van der Waals surface area (Å²) in [7, 11) is 1.60. The summed E-state index contributed by atoms with van der Waals surface area (Å²) in [5.74, 6) is 0.708. The number of amides is 1. The Bertz CT molecular complexity index is 1300. The van der Waals surface area contributed by atoms with Crippen LogP contribution in [0.1, 0.15) is 32.4 Å². The lowest BCUT2D eigenvalue weighted by atomic mass is 9.81. The van der Waals surface area contributed by atoms with Crippen molar-refractivity contribution >= 4 is 44.9 Å². The number of hydrogen-bond acceptors (Lipinski definition) is 5. The Morgan fingerprint density at radius 2 is 1.85 bits per heavy atom. The molecule has 0 saturated carbocycles. The molecule has 6 nitrogen and oxygen atoms in total. The Kier molecular flexibility index (Phi) is 6.28. The molecule has 0 fully saturated rings. The lowest BCUT2D eigenvalue weighted by Crippen LogP contribution is -2.40. The molecule has 1 amide bonds. The Morgan fingerprint density at radius 3 is 2.48 bits per heavy atom. The van der Waals surface area contributed by atoms with Crippen molar-refractivity contribution in [3.8, 4) is 16.2 Å². The first-order chi connectivity index (χ1) is 15.7. The maximum absolute atomic E-state index is 12.5. The second kappa shape index (κ2) is 9.00. The second-order valence-electron chi connectivity index (χ2n) is 8.75. The van der Waals surface area contributed by atoms with E-state index in [-0.39, 0.29) is 5.15 Å². The van der Waals surface area contributed by atoms with Gasteiger partial charge in [-0.05, 0) is 46.2 Å². The molecule has 4 aromatic rings. The van der Waals surface area contributed by atoms with Gasteiger partial charge in [0.05, 0.1) is 18.0 Å². The second-order valence-corrected chi connectivity index (χ2v) is 10.1. The summed E-state index contributed by atoms with van der Waals surface area (Å²) in [5, 5.41) is 12.9. The van der Waals surface area contributed by atoms with Gasteiger partial charge in [0.1, 0.15) is 10.9 Å². The number of rotatable bonds is 5. The maximum atomic E-state index is 12.5. The monoisotopic (exact) mass is 481 g/mol. The number of fused-ring (bicyclic) bond motifs is 1. The lowest BCUT2D eigenvalue weighted by molar-refractivity contribution is 0.189. The molecule has 2 heterocycles. The highest BCUT2D eigenvalue weighted by Crippen LogP contribution is 2.45. The number of methoxy groups -OCH3 is 1. The molecule has 8 heteroatoms. The van der Waals surface area contributed by atoms with E-state index in [9.17, 15) is 9.90 Å². The third-order valence-corrected chi connectivity index (χ3v) is 6.89. The molecule has 4 rings (SSSR count). The third kappa shape index (κ3) is 4.65. The maximum Gasteiger partial charge on any atom is 0.414 e. The first-order valence-electron chi connectivity index (χ1n) is 10.4. The number of carbonyl (C=O) groups is 1. The van der Waals surface area contributed by atoms with Crippen LogP contribution in [0.4, 0.5) is 9.93 Å². The molecule has 0 aliphatic heterocycles. The van der Waals surface area contributed by atoms with Crippen molar-refractivity contribution < 1.29 is 14.6 Å². The van der Waals surface area contributed by atoms with Crippen LogP contribution in [0.25, 0.3) is 21.2 Å². The number of benzene rings is 2. The van der Waals surface area contributed by atoms with Crippen LogP contribution in [0.3, 0.4) is 0 Å². The van der Waals surface area contributed by atoms with Crippen molar-refractivity contribution in [2.75, 3.05) is 12.0 Å². The van der Waals surface area contributed by atoms with Gasteiger partial charge in [-0.25, -0.2) is 14.7 Å². The van der Waals surface area contributed by atoms with E-state index in [0.717, 1.165) is 26.8 Å². The smallest absolute Gasteiger partial charge is 0.414 e. The zero-order valence-corrected chi connectivity index (χ0v) is 20.3. The zero-order valence-electron chi connectivity index (χ0n) is 18.7. The largest absolute Gasteiger partial charge is 0.497 e. The minimum absolute atomic E-state index is 0.275. The quantitative estimate of drug-likeness (QED) is 0.324. The van der Waals surface area contributed by atoms with Gasteiger partial charge in [-0.2, -0.15) is 0 Å². The first kappa shape index (κ1) is 23.0. The van der Waals surface area contributed by atoms with E-state index in [2.05, 4.69) is 9.97 Å². The Labute approximate surface area is 201 Å². The number of halogens is 1. The van der Waals surface area contributed by atoms with Crippen LogP contribution >= 0.6 is 22.9 Å². The first-order valence-corrected chi connectivity index (χ1v) is 11.5. The molecule has 2 aromatic heterocycles. The Morgan fingerprint density at radius 1 is 1.12 bits per heavy atom. The van der Waals surface area contributed by atoms with Crippen molar-refractivity contribution in [3.63, 3.8) is 0 Å². The van der Waals surface area contributed by atoms with Crippen molar-refractivity contribution in [3.05, 3.63) is 71.6 Å². The Hall–Kier alpha value is -3.16. The molecule has 0 bridgehead atoms. The highest BCUT2D eigenvalue weighted by Gasteiger charge is 2.38. The summed E-state index contributed by atoms with van der Waals surface area (Å²) < 4.78 is 5.26. The number of nitrogens with zero attached hydrogens (tertiary/aromatic N) is 3. The normalized spacial score (nSPS) is 12.5. The average Bonchev–Trinajstić information content (AvgIpc) is 3.17. The van der Waals surface area contributed by atoms with Gasteiger partial charge in [0.15, 0.2) is 5.13 Å². The van der Waals surface area contributed by atoms with E-state index >= 15 is 0 Å². The zero-order chi connectivity index (χ0) is 23.8. The standard InChI is InChI=1S/C25H24ClN3O3S/c1-25(2,3)21(15-7-9-19(32-4)10-8-15)29(24(30)31)23-28-22(26)20(33-23)17-5-6-18-14-27-12-11-16(18)13-17/h5-14,21H,1-4H3,(H,30,31). The predicted octanol–water partition coefficient (Wildman–Crippen LogP) is 7.29. The summed E-state index contributed by atoms with van der Waals surface area (Å²) in [6, 6.07) is 14.8. The number of anilines is 1. The van der Waals surface area contributed by atoms with Crippen LogP contribution in [0.15, 0.2) is 60.9 Å². The molecule has 1 N–H and O–H groups in total. The predicted molar refractivity (Wildman–Crippen MR) is 134 cm³/mol. The van der Waals surface area contributed by atoms with Gasteiger partial charge in [-0.3, -0.25) is 4.98 Å². The molecular formula is C25H24ClN3O3S. The summed E-state index contributed by atoms with van der Waals surface area (Å²) in [5.41, 5.74) is 1.31. The molecule has 1 atom stereocenters. The molecule has 0 aliphatic carbocycles. The molecule has 33 heavy (non-hydrogen) atoms. The fraction of sp³-hybridized carbons (Fsp3) is 0.240. The topological polar surface area (TPSA) is 75.5 Å². The van der Waals surface area contributed by atoms with E-state index in [4.69, 9.17) is 16.3 Å². The molecule has 2 aromatic carbocycles. The number of aromatic nitrogens is 2. The molecule has 170 valence electrons. The van der Waals surface area contributed by atoms with Gasteiger partial charge >= 0.3 is 6.09 Å². The number of carboxylic acid groups (broad SMARTS) is 1. The SMILES string of the molecule is COc1ccc(C(N(C(=O)O)c2nc(Cl)c(-c3ccc4cnccc4c3)s2)C(C)(C)C)cc1. The minimum Gasteiger partial charge on any atom is -0.497 e. The van der Waals surface area contributed by atoms with Crippen molar-refractivity contribution in [1.82, 2.24) is 9.97 Å².